The Morgan fingerprint density at radius 3 is 2.88 bits per heavy atom. The molecule has 0 saturated heterocycles. The molecule has 3 rings (SSSR count). The molecule has 0 fully saturated rings. The highest BCUT2D eigenvalue weighted by atomic mass is 32.2. The normalized spacial score (nSPS) is 11.9. The van der Waals surface area contributed by atoms with Crippen LogP contribution in [-0.4, -0.2) is 31.3 Å². The number of H-pyrrole nitrogens is 1. The molecule has 1 unspecified atom stereocenters. The van der Waals surface area contributed by atoms with Crippen molar-refractivity contribution >= 4 is 40.4 Å². The molecule has 0 aliphatic rings. The molecule has 1 aromatic carbocycles. The highest BCUT2D eigenvalue weighted by molar-refractivity contribution is 8.00. The Morgan fingerprint density at radius 2 is 2.16 bits per heavy atom. The van der Waals surface area contributed by atoms with Crippen LogP contribution >= 0.6 is 23.1 Å². The lowest BCUT2D eigenvalue weighted by Crippen LogP contribution is -2.23. The summed E-state index contributed by atoms with van der Waals surface area (Å²) < 4.78 is 0. The first-order valence-corrected chi connectivity index (χ1v) is 8.97. The van der Waals surface area contributed by atoms with E-state index in [1.54, 1.807) is 19.1 Å². The van der Waals surface area contributed by atoms with Crippen LogP contribution < -0.4 is 5.32 Å². The molecule has 8 nitrogen and oxygen atoms in total. The number of aromatic amines is 1. The molecule has 10 heteroatoms. The number of carbonyl (C=O) groups excluding carboxylic acids is 1. The van der Waals surface area contributed by atoms with Gasteiger partial charge >= 0.3 is 0 Å². The van der Waals surface area contributed by atoms with E-state index in [0.29, 0.717) is 11.0 Å². The average Bonchev–Trinajstić information content (AvgIpc) is 3.26. The number of anilines is 1. The number of benzene rings is 1. The van der Waals surface area contributed by atoms with Crippen LogP contribution in [0.25, 0.3) is 10.7 Å². The summed E-state index contributed by atoms with van der Waals surface area (Å²) in [6.07, 6.45) is 0. The second-order valence-electron chi connectivity index (χ2n) is 4.97. The number of thiophene rings is 1. The third kappa shape index (κ3) is 4.03. The zero-order valence-corrected chi connectivity index (χ0v) is 14.6. The van der Waals surface area contributed by atoms with E-state index in [-0.39, 0.29) is 17.3 Å². The van der Waals surface area contributed by atoms with Gasteiger partial charge in [0.05, 0.1) is 15.1 Å². The summed E-state index contributed by atoms with van der Waals surface area (Å²) in [6, 6.07) is 9.85. The van der Waals surface area contributed by atoms with E-state index < -0.39 is 10.2 Å². The van der Waals surface area contributed by atoms with Crippen LogP contribution in [-0.2, 0) is 4.79 Å². The summed E-state index contributed by atoms with van der Waals surface area (Å²) in [5.41, 5.74) is 0.0186. The molecule has 3 aromatic rings. The Labute approximate surface area is 150 Å². The number of nitrogens with zero attached hydrogens (tertiary/aromatic N) is 3. The fourth-order valence-corrected chi connectivity index (χ4v) is 3.40. The predicted molar refractivity (Wildman–Crippen MR) is 96.7 cm³/mol. The highest BCUT2D eigenvalue weighted by Gasteiger charge is 2.21. The number of rotatable bonds is 6. The number of nitrogens with one attached hydrogen (secondary N) is 2. The number of aromatic nitrogens is 3. The summed E-state index contributed by atoms with van der Waals surface area (Å²) in [5.74, 6) is 0.283. The van der Waals surface area contributed by atoms with Gasteiger partial charge in [-0.15, -0.1) is 16.4 Å². The molecule has 0 saturated carbocycles. The second-order valence-corrected chi connectivity index (χ2v) is 7.22. The van der Waals surface area contributed by atoms with Crippen LogP contribution in [0.1, 0.15) is 6.92 Å². The van der Waals surface area contributed by atoms with Crippen molar-refractivity contribution in [1.29, 1.82) is 0 Å². The molecular weight excluding hydrogens is 362 g/mol. The first-order chi connectivity index (χ1) is 12.0. The lowest BCUT2D eigenvalue weighted by molar-refractivity contribution is -0.383. The molecule has 0 spiro atoms. The van der Waals surface area contributed by atoms with E-state index >= 15 is 0 Å². The standard InChI is InChI=1S/C15H13N5O3S2/c1-9(14(21)16-10-5-2-3-6-11(10)20(22)23)25-15-17-13(18-19-15)12-7-4-8-24-12/h2-9H,1H3,(H,16,21)(H,17,18,19). The number of nitro groups is 1. The van der Waals surface area contributed by atoms with Gasteiger partial charge in [0, 0.05) is 6.07 Å². The fraction of sp³-hybridized carbons (Fsp3) is 0.133. The van der Waals surface area contributed by atoms with Gasteiger partial charge in [0.15, 0.2) is 5.82 Å². The maximum Gasteiger partial charge on any atom is 0.292 e. The number of para-hydroxylation sites is 2. The van der Waals surface area contributed by atoms with Crippen molar-refractivity contribution in [2.75, 3.05) is 5.32 Å². The number of thioether (sulfide) groups is 1. The van der Waals surface area contributed by atoms with Crippen LogP contribution in [0.5, 0.6) is 0 Å². The summed E-state index contributed by atoms with van der Waals surface area (Å²) in [5, 5.41) is 22.4. The van der Waals surface area contributed by atoms with E-state index in [1.165, 1.54) is 35.2 Å². The van der Waals surface area contributed by atoms with Crippen LogP contribution in [0.2, 0.25) is 0 Å². The fourth-order valence-electron chi connectivity index (χ4n) is 2.01. The molecule has 2 aromatic heterocycles. The zero-order chi connectivity index (χ0) is 17.8. The van der Waals surface area contributed by atoms with Gasteiger partial charge in [-0.05, 0) is 24.4 Å². The van der Waals surface area contributed by atoms with Gasteiger partial charge in [-0.3, -0.25) is 20.0 Å². The van der Waals surface area contributed by atoms with Crippen molar-refractivity contribution in [2.24, 2.45) is 0 Å². The zero-order valence-electron chi connectivity index (χ0n) is 13.0. The van der Waals surface area contributed by atoms with Crippen molar-refractivity contribution < 1.29 is 9.72 Å². The molecule has 1 amide bonds. The maximum absolute atomic E-state index is 12.3. The van der Waals surface area contributed by atoms with Gasteiger partial charge < -0.3 is 5.32 Å². The lowest BCUT2D eigenvalue weighted by Gasteiger charge is -2.10. The topological polar surface area (TPSA) is 114 Å². The number of carbonyl (C=O) groups is 1. The number of amides is 1. The molecule has 0 bridgehead atoms. The number of hydrogen-bond donors (Lipinski definition) is 2. The van der Waals surface area contributed by atoms with Gasteiger partial charge in [-0.2, -0.15) is 0 Å². The first kappa shape index (κ1) is 17.1. The molecule has 2 N–H and O–H groups in total. The third-order valence-electron chi connectivity index (χ3n) is 3.23. The Balaban J connectivity index is 1.66. The van der Waals surface area contributed by atoms with Gasteiger partial charge in [0.1, 0.15) is 5.69 Å². The summed E-state index contributed by atoms with van der Waals surface area (Å²) in [4.78, 5) is 28.1. The number of hydrogen-bond acceptors (Lipinski definition) is 7. The lowest BCUT2D eigenvalue weighted by atomic mass is 10.2. The third-order valence-corrected chi connectivity index (χ3v) is 5.07. The minimum atomic E-state index is -0.532. The van der Waals surface area contributed by atoms with E-state index in [2.05, 4.69) is 20.5 Å². The van der Waals surface area contributed by atoms with Crippen LogP contribution in [0.15, 0.2) is 46.9 Å². The van der Waals surface area contributed by atoms with E-state index in [9.17, 15) is 14.9 Å². The average molecular weight is 375 g/mol. The molecule has 1 atom stereocenters. The second kappa shape index (κ2) is 7.45. The van der Waals surface area contributed by atoms with Crippen LogP contribution in [0.4, 0.5) is 11.4 Å². The minimum absolute atomic E-state index is 0.147. The van der Waals surface area contributed by atoms with E-state index in [4.69, 9.17) is 0 Å². The molecule has 0 radical (unpaired) electrons. The van der Waals surface area contributed by atoms with Crippen molar-refractivity contribution in [3.05, 3.63) is 51.9 Å². The van der Waals surface area contributed by atoms with Crippen molar-refractivity contribution in [2.45, 2.75) is 17.3 Å². The molecule has 0 aliphatic carbocycles. The number of nitro benzene ring substituents is 1. The Morgan fingerprint density at radius 1 is 1.36 bits per heavy atom. The first-order valence-electron chi connectivity index (χ1n) is 7.22. The smallest absolute Gasteiger partial charge is 0.292 e. The summed E-state index contributed by atoms with van der Waals surface area (Å²) in [7, 11) is 0. The van der Waals surface area contributed by atoms with Gasteiger partial charge in [-0.25, -0.2) is 4.98 Å². The molecule has 2 heterocycles. The monoisotopic (exact) mass is 375 g/mol. The molecule has 25 heavy (non-hydrogen) atoms. The van der Waals surface area contributed by atoms with Gasteiger partial charge in [0.25, 0.3) is 5.69 Å². The van der Waals surface area contributed by atoms with Crippen molar-refractivity contribution in [3.8, 4) is 10.7 Å². The maximum atomic E-state index is 12.3. The van der Waals surface area contributed by atoms with Gasteiger partial charge in [0.2, 0.25) is 11.1 Å². The van der Waals surface area contributed by atoms with Crippen molar-refractivity contribution in [3.63, 3.8) is 0 Å². The Hall–Kier alpha value is -2.72. The van der Waals surface area contributed by atoms with Gasteiger partial charge in [-0.1, -0.05) is 30.0 Å². The summed E-state index contributed by atoms with van der Waals surface area (Å²) in [6.45, 7) is 1.69. The minimum Gasteiger partial charge on any atom is -0.319 e. The molecular formula is C15H13N5O3S2. The quantitative estimate of drug-likeness (QED) is 0.387. The molecule has 128 valence electrons. The largest absolute Gasteiger partial charge is 0.319 e. The molecule has 0 aliphatic heterocycles. The van der Waals surface area contributed by atoms with Crippen LogP contribution in [0.3, 0.4) is 0 Å². The SMILES string of the molecule is CC(Sc1n[nH]c(-c2cccs2)n1)C(=O)Nc1ccccc1[N+](=O)[O-]. The Kier molecular flexibility index (Phi) is 5.10. The van der Waals surface area contributed by atoms with Crippen molar-refractivity contribution in [1.82, 2.24) is 15.2 Å². The van der Waals surface area contributed by atoms with Crippen LogP contribution in [0, 0.1) is 10.1 Å². The van der Waals surface area contributed by atoms with E-state index in [0.717, 1.165) is 4.88 Å². The highest BCUT2D eigenvalue weighted by Crippen LogP contribution is 2.27. The van der Waals surface area contributed by atoms with E-state index in [1.807, 2.05) is 17.5 Å². The summed E-state index contributed by atoms with van der Waals surface area (Å²) >= 11 is 2.71. The predicted octanol–water partition coefficient (Wildman–Crippen LogP) is 3.56. The Bertz CT molecular complexity index is 894.